The zero-order chi connectivity index (χ0) is 10.9. The normalized spacial score (nSPS) is 11.4. The summed E-state index contributed by atoms with van der Waals surface area (Å²) < 4.78 is 31.0. The summed E-state index contributed by atoms with van der Waals surface area (Å²) in [6, 6.07) is 2.54. The van der Waals surface area contributed by atoms with E-state index >= 15 is 0 Å². The molecule has 0 unspecified atom stereocenters. The van der Waals surface area contributed by atoms with E-state index in [1.165, 1.54) is 6.07 Å². The van der Waals surface area contributed by atoms with Crippen molar-refractivity contribution >= 4 is 47.7 Å². The molecule has 1 aromatic carbocycles. The lowest BCUT2D eigenvalue weighted by Crippen LogP contribution is -1.98. The Morgan fingerprint density at radius 1 is 1.29 bits per heavy atom. The number of hydrogen-bond donors (Lipinski definition) is 1. The van der Waals surface area contributed by atoms with Crippen LogP contribution in [0.1, 0.15) is 0 Å². The first-order chi connectivity index (χ1) is 6.36. The third kappa shape index (κ3) is 2.38. The molecule has 1 rings (SSSR count). The smallest absolute Gasteiger partial charge is 0.282 e. The van der Waals surface area contributed by atoms with Crippen molar-refractivity contribution in [3.8, 4) is 0 Å². The van der Waals surface area contributed by atoms with Crippen molar-refractivity contribution in [3.05, 3.63) is 26.0 Å². The Bertz CT molecular complexity index is 485. The van der Waals surface area contributed by atoms with Crippen LogP contribution in [0.25, 0.3) is 0 Å². The van der Waals surface area contributed by atoms with Crippen LogP contribution < -0.4 is 0 Å². The molecule has 0 fully saturated rings. The van der Waals surface area contributed by atoms with Gasteiger partial charge in [-0.2, -0.15) is 8.42 Å². The standard InChI is InChI=1S/C6H3Br2NO4S/c7-3-1-4(8)6(9-10)5(2-3)14(11,12)13/h1-2H,(H,11,12,13). The fourth-order valence-electron chi connectivity index (χ4n) is 0.828. The molecule has 0 aliphatic heterocycles. The van der Waals surface area contributed by atoms with Gasteiger partial charge in [-0.25, -0.2) is 0 Å². The van der Waals surface area contributed by atoms with Gasteiger partial charge in [-0.1, -0.05) is 15.9 Å². The fourth-order valence-corrected chi connectivity index (χ4v) is 3.08. The highest BCUT2D eigenvalue weighted by Crippen LogP contribution is 2.35. The topological polar surface area (TPSA) is 83.8 Å². The predicted octanol–water partition coefficient (Wildman–Crippen LogP) is 2.86. The van der Waals surface area contributed by atoms with Crippen molar-refractivity contribution in [2.24, 2.45) is 5.18 Å². The minimum absolute atomic E-state index is 0.189. The molecular formula is C6H3Br2NO4S. The summed E-state index contributed by atoms with van der Waals surface area (Å²) in [4.78, 5) is 9.80. The lowest BCUT2D eigenvalue weighted by molar-refractivity contribution is 0.483. The largest absolute Gasteiger partial charge is 0.296 e. The van der Waals surface area contributed by atoms with E-state index in [4.69, 9.17) is 4.55 Å². The molecule has 0 spiro atoms. The Balaban J connectivity index is 3.65. The maximum Gasteiger partial charge on any atom is 0.296 e. The maximum atomic E-state index is 10.8. The van der Waals surface area contributed by atoms with Crippen LogP contribution in [0.4, 0.5) is 5.69 Å². The molecule has 0 saturated carbocycles. The van der Waals surface area contributed by atoms with Crippen molar-refractivity contribution in [3.63, 3.8) is 0 Å². The summed E-state index contributed by atoms with van der Waals surface area (Å²) in [5.41, 5.74) is -0.351. The number of nitrogens with zero attached hydrogens (tertiary/aromatic N) is 1. The van der Waals surface area contributed by atoms with Gasteiger partial charge in [0, 0.05) is 8.95 Å². The van der Waals surface area contributed by atoms with E-state index in [9.17, 15) is 13.3 Å². The quantitative estimate of drug-likeness (QED) is 0.660. The van der Waals surface area contributed by atoms with Crippen LogP contribution in [0.5, 0.6) is 0 Å². The first-order valence-electron chi connectivity index (χ1n) is 3.16. The summed E-state index contributed by atoms with van der Waals surface area (Å²) in [5, 5.41) is 2.52. The van der Waals surface area contributed by atoms with Gasteiger partial charge < -0.3 is 0 Å². The molecule has 0 saturated heterocycles. The van der Waals surface area contributed by atoms with Gasteiger partial charge in [-0.3, -0.25) is 4.55 Å². The average molecular weight is 345 g/mol. The molecule has 1 aromatic rings. The third-order valence-electron chi connectivity index (χ3n) is 1.36. The number of rotatable bonds is 2. The molecule has 0 atom stereocenters. The minimum atomic E-state index is -4.44. The van der Waals surface area contributed by atoms with E-state index in [1.807, 2.05) is 0 Å². The number of hydrogen-bond acceptors (Lipinski definition) is 4. The van der Waals surface area contributed by atoms with Crippen LogP contribution in [-0.2, 0) is 10.1 Å². The molecule has 0 radical (unpaired) electrons. The Morgan fingerprint density at radius 3 is 2.29 bits per heavy atom. The van der Waals surface area contributed by atoms with Gasteiger partial charge in [0.05, 0.1) is 0 Å². The highest BCUT2D eigenvalue weighted by molar-refractivity contribution is 9.11. The van der Waals surface area contributed by atoms with Crippen LogP contribution in [0.15, 0.2) is 31.2 Å². The van der Waals surface area contributed by atoms with E-state index < -0.39 is 15.0 Å². The van der Waals surface area contributed by atoms with Crippen LogP contribution in [0, 0.1) is 4.91 Å². The highest BCUT2D eigenvalue weighted by Gasteiger charge is 2.19. The predicted molar refractivity (Wildman–Crippen MR) is 57.1 cm³/mol. The molecule has 0 heterocycles. The van der Waals surface area contributed by atoms with Gasteiger partial charge in [-0.05, 0) is 33.2 Å². The lowest BCUT2D eigenvalue weighted by Gasteiger charge is -2.02. The Hall–Kier alpha value is -0.310. The maximum absolute atomic E-state index is 10.8. The first kappa shape index (κ1) is 11.8. The SMILES string of the molecule is O=Nc1c(Br)cc(Br)cc1S(=O)(=O)O. The Kier molecular flexibility index (Phi) is 3.40. The van der Waals surface area contributed by atoms with Crippen LogP contribution in [0.2, 0.25) is 0 Å². The zero-order valence-corrected chi connectivity index (χ0v) is 10.4. The Labute approximate surface area is 96.5 Å². The van der Waals surface area contributed by atoms with E-state index in [-0.39, 0.29) is 10.2 Å². The molecule has 0 amide bonds. The fraction of sp³-hybridized carbons (Fsp3) is 0. The summed E-state index contributed by atoms with van der Waals surface area (Å²) in [7, 11) is -4.44. The van der Waals surface area contributed by atoms with Gasteiger partial charge >= 0.3 is 0 Å². The monoisotopic (exact) mass is 343 g/mol. The minimum Gasteiger partial charge on any atom is -0.282 e. The van der Waals surface area contributed by atoms with Gasteiger partial charge in [0.2, 0.25) is 0 Å². The molecule has 1 N–H and O–H groups in total. The second kappa shape index (κ2) is 4.05. The molecular weight excluding hydrogens is 342 g/mol. The summed E-state index contributed by atoms with van der Waals surface area (Å²) in [6.07, 6.45) is 0. The van der Waals surface area contributed by atoms with Gasteiger partial charge in [0.15, 0.2) is 0 Å². The molecule has 0 aliphatic rings. The third-order valence-corrected chi connectivity index (χ3v) is 3.29. The van der Waals surface area contributed by atoms with Gasteiger partial charge in [0.1, 0.15) is 10.6 Å². The van der Waals surface area contributed by atoms with E-state index in [2.05, 4.69) is 37.0 Å². The van der Waals surface area contributed by atoms with Crippen molar-refractivity contribution in [1.29, 1.82) is 0 Å². The number of nitroso groups, excluding NO2 is 1. The molecule has 0 aliphatic carbocycles. The summed E-state index contributed by atoms with van der Waals surface area (Å²) in [6.45, 7) is 0. The van der Waals surface area contributed by atoms with E-state index in [0.29, 0.717) is 4.47 Å². The van der Waals surface area contributed by atoms with Crippen molar-refractivity contribution in [2.75, 3.05) is 0 Å². The first-order valence-corrected chi connectivity index (χ1v) is 6.18. The van der Waals surface area contributed by atoms with Gasteiger partial charge in [0.25, 0.3) is 10.1 Å². The number of benzene rings is 1. The van der Waals surface area contributed by atoms with Crippen molar-refractivity contribution < 1.29 is 13.0 Å². The Morgan fingerprint density at radius 2 is 1.86 bits per heavy atom. The second-order valence-corrected chi connectivity index (χ2v) is 5.46. The molecule has 5 nitrogen and oxygen atoms in total. The molecule has 76 valence electrons. The zero-order valence-electron chi connectivity index (χ0n) is 6.44. The van der Waals surface area contributed by atoms with Crippen LogP contribution in [-0.4, -0.2) is 13.0 Å². The van der Waals surface area contributed by atoms with Crippen molar-refractivity contribution in [1.82, 2.24) is 0 Å². The van der Waals surface area contributed by atoms with Crippen LogP contribution >= 0.6 is 31.9 Å². The molecule has 14 heavy (non-hydrogen) atoms. The van der Waals surface area contributed by atoms with Crippen LogP contribution in [0.3, 0.4) is 0 Å². The summed E-state index contributed by atoms with van der Waals surface area (Å²) >= 11 is 5.97. The van der Waals surface area contributed by atoms with E-state index in [1.54, 1.807) is 0 Å². The second-order valence-electron chi connectivity index (χ2n) is 2.30. The average Bonchev–Trinajstić information content (AvgIpc) is 2.01. The molecule has 0 bridgehead atoms. The van der Waals surface area contributed by atoms with E-state index in [0.717, 1.165) is 6.07 Å². The highest BCUT2D eigenvalue weighted by atomic mass is 79.9. The van der Waals surface area contributed by atoms with Crippen molar-refractivity contribution in [2.45, 2.75) is 4.90 Å². The summed E-state index contributed by atoms with van der Waals surface area (Å²) in [5.74, 6) is 0. The number of halogens is 2. The molecule has 0 aromatic heterocycles. The van der Waals surface area contributed by atoms with Gasteiger partial charge in [-0.15, -0.1) is 4.91 Å². The lowest BCUT2D eigenvalue weighted by atomic mass is 10.3. The molecule has 8 heteroatoms.